The van der Waals surface area contributed by atoms with Gasteiger partial charge in [0.1, 0.15) is 12.1 Å². The first-order valence-electron chi connectivity index (χ1n) is 4.51. The third-order valence-electron chi connectivity index (χ3n) is 2.08. The molecule has 0 bridgehead atoms. The molecule has 2 aromatic rings. The van der Waals surface area contributed by atoms with Gasteiger partial charge in [-0.25, -0.2) is 15.0 Å². The maximum atomic E-state index is 11.3. The SMILES string of the molecule is NC(=O)c1c(-c2ccncn2)ccnc1N. The van der Waals surface area contributed by atoms with Gasteiger partial charge in [-0.2, -0.15) is 0 Å². The molecule has 2 aromatic heterocycles. The highest BCUT2D eigenvalue weighted by Gasteiger charge is 2.14. The van der Waals surface area contributed by atoms with E-state index in [0.717, 1.165) is 0 Å². The molecule has 0 fully saturated rings. The summed E-state index contributed by atoms with van der Waals surface area (Å²) in [4.78, 5) is 22.9. The van der Waals surface area contributed by atoms with E-state index in [1.165, 1.54) is 12.5 Å². The quantitative estimate of drug-likeness (QED) is 0.744. The molecule has 16 heavy (non-hydrogen) atoms. The van der Waals surface area contributed by atoms with Crippen molar-refractivity contribution in [3.05, 3.63) is 36.4 Å². The average molecular weight is 215 g/mol. The lowest BCUT2D eigenvalue weighted by molar-refractivity contribution is 0.100. The second kappa shape index (κ2) is 3.93. The Labute approximate surface area is 91.4 Å². The molecule has 80 valence electrons. The Morgan fingerprint density at radius 1 is 1.19 bits per heavy atom. The van der Waals surface area contributed by atoms with E-state index in [9.17, 15) is 4.79 Å². The summed E-state index contributed by atoms with van der Waals surface area (Å²) in [5.74, 6) is -0.525. The Bertz CT molecular complexity index is 526. The predicted octanol–water partition coefficient (Wildman–Crippen LogP) is 0.220. The summed E-state index contributed by atoms with van der Waals surface area (Å²) in [6.45, 7) is 0. The number of carbonyl (C=O) groups is 1. The average Bonchev–Trinajstić information content (AvgIpc) is 2.29. The van der Waals surface area contributed by atoms with Crippen molar-refractivity contribution in [1.82, 2.24) is 15.0 Å². The number of hydrogen-bond acceptors (Lipinski definition) is 5. The van der Waals surface area contributed by atoms with Gasteiger partial charge in [-0.05, 0) is 12.1 Å². The predicted molar refractivity (Wildman–Crippen MR) is 58.2 cm³/mol. The lowest BCUT2D eigenvalue weighted by atomic mass is 10.1. The Morgan fingerprint density at radius 3 is 2.62 bits per heavy atom. The Morgan fingerprint density at radius 2 is 2.00 bits per heavy atom. The molecule has 6 nitrogen and oxygen atoms in total. The van der Waals surface area contributed by atoms with Crippen LogP contribution in [0.15, 0.2) is 30.9 Å². The first-order valence-corrected chi connectivity index (χ1v) is 4.51. The topological polar surface area (TPSA) is 108 Å². The number of primary amides is 1. The van der Waals surface area contributed by atoms with Gasteiger partial charge in [0.2, 0.25) is 0 Å². The normalized spacial score (nSPS) is 10.0. The Balaban J connectivity index is 2.66. The third-order valence-corrected chi connectivity index (χ3v) is 2.08. The van der Waals surface area contributed by atoms with Crippen LogP contribution in [-0.2, 0) is 0 Å². The van der Waals surface area contributed by atoms with Crippen LogP contribution in [0.4, 0.5) is 5.82 Å². The lowest BCUT2D eigenvalue weighted by Crippen LogP contribution is -2.16. The number of nitrogens with two attached hydrogens (primary N) is 2. The van der Waals surface area contributed by atoms with Crippen LogP contribution in [0.1, 0.15) is 10.4 Å². The van der Waals surface area contributed by atoms with E-state index >= 15 is 0 Å². The van der Waals surface area contributed by atoms with Gasteiger partial charge in [0, 0.05) is 18.0 Å². The summed E-state index contributed by atoms with van der Waals surface area (Å²) in [5, 5.41) is 0. The van der Waals surface area contributed by atoms with Crippen LogP contribution in [0.2, 0.25) is 0 Å². The molecular weight excluding hydrogens is 206 g/mol. The molecular formula is C10H9N5O. The zero-order chi connectivity index (χ0) is 11.5. The number of aromatic nitrogens is 3. The van der Waals surface area contributed by atoms with E-state index in [-0.39, 0.29) is 11.4 Å². The van der Waals surface area contributed by atoms with Crippen molar-refractivity contribution in [2.75, 3.05) is 5.73 Å². The van der Waals surface area contributed by atoms with Gasteiger partial charge in [-0.1, -0.05) is 0 Å². The molecule has 0 aliphatic rings. The number of pyridine rings is 1. The molecule has 0 unspecified atom stereocenters. The molecule has 2 rings (SSSR count). The highest BCUT2D eigenvalue weighted by molar-refractivity contribution is 6.03. The van der Waals surface area contributed by atoms with E-state index in [0.29, 0.717) is 11.3 Å². The Kier molecular flexibility index (Phi) is 2.47. The maximum Gasteiger partial charge on any atom is 0.253 e. The molecule has 0 aromatic carbocycles. The van der Waals surface area contributed by atoms with Gasteiger partial charge in [0.15, 0.2) is 0 Å². The molecule has 0 saturated carbocycles. The maximum absolute atomic E-state index is 11.3. The molecule has 0 aliphatic carbocycles. The monoisotopic (exact) mass is 215 g/mol. The van der Waals surface area contributed by atoms with E-state index in [4.69, 9.17) is 11.5 Å². The van der Waals surface area contributed by atoms with Crippen LogP contribution in [0, 0.1) is 0 Å². The summed E-state index contributed by atoms with van der Waals surface area (Å²) in [6, 6.07) is 3.31. The van der Waals surface area contributed by atoms with E-state index < -0.39 is 5.91 Å². The molecule has 0 spiro atoms. The number of amides is 1. The highest BCUT2D eigenvalue weighted by atomic mass is 16.1. The summed E-state index contributed by atoms with van der Waals surface area (Å²) in [5.41, 5.74) is 12.2. The van der Waals surface area contributed by atoms with Gasteiger partial charge in [-0.15, -0.1) is 0 Å². The van der Waals surface area contributed by atoms with Crippen molar-refractivity contribution < 1.29 is 4.79 Å². The van der Waals surface area contributed by atoms with Crippen LogP contribution >= 0.6 is 0 Å². The summed E-state index contributed by atoms with van der Waals surface area (Å²) in [6.07, 6.45) is 4.46. The number of carbonyl (C=O) groups excluding carboxylic acids is 1. The number of anilines is 1. The van der Waals surface area contributed by atoms with Crippen molar-refractivity contribution in [2.24, 2.45) is 5.73 Å². The Hall–Kier alpha value is -2.50. The van der Waals surface area contributed by atoms with E-state index in [2.05, 4.69) is 15.0 Å². The highest BCUT2D eigenvalue weighted by Crippen LogP contribution is 2.23. The summed E-state index contributed by atoms with van der Waals surface area (Å²) in [7, 11) is 0. The van der Waals surface area contributed by atoms with Gasteiger partial charge >= 0.3 is 0 Å². The van der Waals surface area contributed by atoms with Crippen molar-refractivity contribution in [1.29, 1.82) is 0 Å². The molecule has 0 radical (unpaired) electrons. The lowest BCUT2D eigenvalue weighted by Gasteiger charge is -2.07. The first-order chi connectivity index (χ1) is 7.70. The minimum absolute atomic E-state index is 0.101. The molecule has 6 heteroatoms. The smallest absolute Gasteiger partial charge is 0.253 e. The largest absolute Gasteiger partial charge is 0.383 e. The van der Waals surface area contributed by atoms with Crippen LogP contribution in [-0.4, -0.2) is 20.9 Å². The minimum atomic E-state index is -0.626. The summed E-state index contributed by atoms with van der Waals surface area (Å²) < 4.78 is 0. The molecule has 0 atom stereocenters. The van der Waals surface area contributed by atoms with Crippen molar-refractivity contribution in [2.45, 2.75) is 0 Å². The molecule has 0 aliphatic heterocycles. The number of nitrogens with zero attached hydrogens (tertiary/aromatic N) is 3. The fraction of sp³-hybridized carbons (Fsp3) is 0. The minimum Gasteiger partial charge on any atom is -0.383 e. The zero-order valence-electron chi connectivity index (χ0n) is 8.29. The second-order valence-electron chi connectivity index (χ2n) is 3.08. The van der Waals surface area contributed by atoms with Crippen LogP contribution in [0.25, 0.3) is 11.3 Å². The number of nitrogen functional groups attached to an aromatic ring is 1. The van der Waals surface area contributed by atoms with E-state index in [1.54, 1.807) is 18.3 Å². The van der Waals surface area contributed by atoms with E-state index in [1.807, 2.05) is 0 Å². The van der Waals surface area contributed by atoms with Crippen molar-refractivity contribution in [3.63, 3.8) is 0 Å². The van der Waals surface area contributed by atoms with Crippen LogP contribution in [0.5, 0.6) is 0 Å². The fourth-order valence-electron chi connectivity index (χ4n) is 1.40. The van der Waals surface area contributed by atoms with Gasteiger partial charge in [-0.3, -0.25) is 4.79 Å². The van der Waals surface area contributed by atoms with Crippen molar-refractivity contribution >= 4 is 11.7 Å². The third kappa shape index (κ3) is 1.68. The second-order valence-corrected chi connectivity index (χ2v) is 3.08. The number of hydrogen-bond donors (Lipinski definition) is 2. The summed E-state index contributed by atoms with van der Waals surface area (Å²) >= 11 is 0. The van der Waals surface area contributed by atoms with Crippen molar-refractivity contribution in [3.8, 4) is 11.3 Å². The van der Waals surface area contributed by atoms with Gasteiger partial charge in [0.05, 0.1) is 11.3 Å². The molecule has 1 amide bonds. The van der Waals surface area contributed by atoms with Crippen LogP contribution < -0.4 is 11.5 Å². The molecule has 0 saturated heterocycles. The molecule has 2 heterocycles. The molecule has 4 N–H and O–H groups in total. The fourth-order valence-corrected chi connectivity index (χ4v) is 1.40. The van der Waals surface area contributed by atoms with Gasteiger partial charge in [0.25, 0.3) is 5.91 Å². The standard InChI is InChI=1S/C10H9N5O/c11-9-8(10(12)16)6(1-4-14-9)7-2-3-13-5-15-7/h1-5H,(H2,11,14)(H2,12,16). The number of rotatable bonds is 2. The van der Waals surface area contributed by atoms with Crippen LogP contribution in [0.3, 0.4) is 0 Å². The van der Waals surface area contributed by atoms with Gasteiger partial charge < -0.3 is 11.5 Å². The first kappa shape index (κ1) is 10.0. The zero-order valence-corrected chi connectivity index (χ0v) is 8.29.